The molecule has 0 aliphatic carbocycles. The van der Waals surface area contributed by atoms with Crippen LogP contribution in [0.4, 0.5) is 5.95 Å². The van der Waals surface area contributed by atoms with E-state index < -0.39 is 0 Å². The molecule has 1 heterocycles. The Morgan fingerprint density at radius 2 is 2.06 bits per heavy atom. The van der Waals surface area contributed by atoms with Gasteiger partial charge in [0.05, 0.1) is 6.21 Å². The Balaban J connectivity index is 2.03. The Morgan fingerprint density at radius 1 is 1.35 bits per heavy atom. The maximum absolute atomic E-state index is 9.10. The normalized spacial score (nSPS) is 10.9. The van der Waals surface area contributed by atoms with Crippen molar-refractivity contribution in [3.63, 3.8) is 0 Å². The standard InChI is InChI=1S/C10H12N6O/c1-7-13-15-10(16(7)11)14-12-6-8-2-4-9(17)5-3-8/h2-6,17H,11H2,1H3,(H,14,15)/b12-6+. The average Bonchev–Trinajstić information content (AvgIpc) is 2.64. The molecule has 1 aromatic heterocycles. The number of aromatic hydroxyl groups is 1. The van der Waals surface area contributed by atoms with E-state index in [2.05, 4.69) is 20.7 Å². The van der Waals surface area contributed by atoms with Crippen LogP contribution in [0, 0.1) is 6.92 Å². The molecule has 0 saturated heterocycles. The number of aryl methyl sites for hydroxylation is 1. The molecule has 0 fully saturated rings. The molecule has 0 atom stereocenters. The van der Waals surface area contributed by atoms with Crippen LogP contribution in [0.5, 0.6) is 5.75 Å². The molecule has 7 heteroatoms. The number of hydrogen-bond donors (Lipinski definition) is 3. The van der Waals surface area contributed by atoms with Crippen molar-refractivity contribution in [2.45, 2.75) is 6.92 Å². The van der Waals surface area contributed by atoms with Crippen LogP contribution in [0.25, 0.3) is 0 Å². The van der Waals surface area contributed by atoms with Gasteiger partial charge in [0.2, 0.25) is 0 Å². The zero-order valence-electron chi connectivity index (χ0n) is 9.20. The van der Waals surface area contributed by atoms with E-state index in [1.165, 1.54) is 4.68 Å². The lowest BCUT2D eigenvalue weighted by Gasteiger charge is -1.99. The molecule has 0 saturated carbocycles. The van der Waals surface area contributed by atoms with Crippen LogP contribution in [-0.4, -0.2) is 26.2 Å². The highest BCUT2D eigenvalue weighted by Crippen LogP contribution is 2.08. The van der Waals surface area contributed by atoms with Crippen molar-refractivity contribution in [3.05, 3.63) is 35.7 Å². The average molecular weight is 232 g/mol. The van der Waals surface area contributed by atoms with Crippen molar-refractivity contribution in [1.82, 2.24) is 14.9 Å². The van der Waals surface area contributed by atoms with E-state index in [4.69, 9.17) is 10.9 Å². The molecule has 4 N–H and O–H groups in total. The molecule has 1 aromatic carbocycles. The van der Waals surface area contributed by atoms with Crippen LogP contribution in [0.1, 0.15) is 11.4 Å². The number of phenolic OH excluding ortho intramolecular Hbond substituents is 1. The second-order valence-corrected chi connectivity index (χ2v) is 3.40. The van der Waals surface area contributed by atoms with E-state index in [0.717, 1.165) is 5.56 Å². The van der Waals surface area contributed by atoms with E-state index in [1.54, 1.807) is 37.4 Å². The van der Waals surface area contributed by atoms with Gasteiger partial charge in [-0.05, 0) is 36.8 Å². The van der Waals surface area contributed by atoms with Gasteiger partial charge in [0.1, 0.15) is 5.75 Å². The second-order valence-electron chi connectivity index (χ2n) is 3.40. The number of hydrazone groups is 1. The van der Waals surface area contributed by atoms with Crippen LogP contribution in [0.3, 0.4) is 0 Å². The van der Waals surface area contributed by atoms with Gasteiger partial charge in [-0.2, -0.15) is 5.10 Å². The van der Waals surface area contributed by atoms with Crippen LogP contribution in [-0.2, 0) is 0 Å². The van der Waals surface area contributed by atoms with Gasteiger partial charge in [0, 0.05) is 0 Å². The van der Waals surface area contributed by atoms with Gasteiger partial charge in [-0.15, -0.1) is 10.2 Å². The predicted octanol–water partition coefficient (Wildman–Crippen LogP) is 0.452. The monoisotopic (exact) mass is 232 g/mol. The lowest BCUT2D eigenvalue weighted by Crippen LogP contribution is -2.13. The molecule has 0 bridgehead atoms. The van der Waals surface area contributed by atoms with Gasteiger partial charge < -0.3 is 10.9 Å². The summed E-state index contributed by atoms with van der Waals surface area (Å²) in [5, 5.41) is 20.6. The maximum atomic E-state index is 9.10. The molecule has 2 rings (SSSR count). The molecule has 7 nitrogen and oxygen atoms in total. The first kappa shape index (κ1) is 10.9. The SMILES string of the molecule is Cc1nnc(N/N=C/c2ccc(O)cc2)n1N. The van der Waals surface area contributed by atoms with Gasteiger partial charge in [0.15, 0.2) is 5.82 Å². The minimum absolute atomic E-state index is 0.215. The van der Waals surface area contributed by atoms with Gasteiger partial charge in [0.25, 0.3) is 5.95 Å². The van der Waals surface area contributed by atoms with Crippen molar-refractivity contribution in [1.29, 1.82) is 0 Å². The third-order valence-corrected chi connectivity index (χ3v) is 2.14. The Kier molecular flexibility index (Phi) is 2.91. The summed E-state index contributed by atoms with van der Waals surface area (Å²) in [5.74, 6) is 6.79. The molecular weight excluding hydrogens is 220 g/mol. The number of anilines is 1. The summed E-state index contributed by atoms with van der Waals surface area (Å²) >= 11 is 0. The molecule has 0 unspecified atom stereocenters. The highest BCUT2D eigenvalue weighted by atomic mass is 16.3. The second kappa shape index (κ2) is 4.52. The number of nitrogen functional groups attached to an aromatic ring is 1. The topological polar surface area (TPSA) is 101 Å². The minimum atomic E-state index is 0.215. The number of benzene rings is 1. The lowest BCUT2D eigenvalue weighted by molar-refractivity contribution is 0.475. The van der Waals surface area contributed by atoms with Gasteiger partial charge in [-0.25, -0.2) is 10.1 Å². The number of rotatable bonds is 3. The van der Waals surface area contributed by atoms with E-state index in [0.29, 0.717) is 11.8 Å². The zero-order valence-corrected chi connectivity index (χ0v) is 9.20. The Bertz CT molecular complexity index is 530. The molecule has 0 aliphatic heterocycles. The van der Waals surface area contributed by atoms with E-state index in [9.17, 15) is 0 Å². The smallest absolute Gasteiger partial charge is 0.263 e. The number of nitrogens with one attached hydrogen (secondary N) is 1. The highest BCUT2D eigenvalue weighted by Gasteiger charge is 2.02. The van der Waals surface area contributed by atoms with Crippen molar-refractivity contribution >= 4 is 12.2 Å². The summed E-state index contributed by atoms with van der Waals surface area (Å²) in [7, 11) is 0. The summed E-state index contributed by atoms with van der Waals surface area (Å²) < 4.78 is 1.30. The number of phenols is 1. The molecule has 0 spiro atoms. The fourth-order valence-corrected chi connectivity index (χ4v) is 1.17. The summed E-state index contributed by atoms with van der Waals surface area (Å²) in [6.07, 6.45) is 1.59. The molecule has 17 heavy (non-hydrogen) atoms. The van der Waals surface area contributed by atoms with Crippen LogP contribution < -0.4 is 11.3 Å². The molecule has 0 amide bonds. The fourth-order valence-electron chi connectivity index (χ4n) is 1.17. The minimum Gasteiger partial charge on any atom is -0.508 e. The first-order chi connectivity index (χ1) is 8.16. The first-order valence-corrected chi connectivity index (χ1v) is 4.92. The Labute approximate surface area is 97.6 Å². The van der Waals surface area contributed by atoms with Gasteiger partial charge in [-0.1, -0.05) is 0 Å². The molecular formula is C10H12N6O. The molecule has 0 radical (unpaired) electrons. The molecule has 2 aromatic rings. The van der Waals surface area contributed by atoms with Crippen molar-refractivity contribution in [2.75, 3.05) is 11.3 Å². The first-order valence-electron chi connectivity index (χ1n) is 4.92. The number of nitrogens with two attached hydrogens (primary N) is 1. The summed E-state index contributed by atoms with van der Waals surface area (Å²) in [4.78, 5) is 0. The van der Waals surface area contributed by atoms with Crippen molar-refractivity contribution in [2.24, 2.45) is 5.10 Å². The quantitative estimate of drug-likeness (QED) is 0.405. The summed E-state index contributed by atoms with van der Waals surface area (Å²) in [6.45, 7) is 1.74. The van der Waals surface area contributed by atoms with Crippen LogP contribution >= 0.6 is 0 Å². The van der Waals surface area contributed by atoms with Gasteiger partial charge >= 0.3 is 0 Å². The number of hydrogen-bond acceptors (Lipinski definition) is 6. The number of nitrogens with zero attached hydrogens (tertiary/aromatic N) is 4. The van der Waals surface area contributed by atoms with Crippen molar-refractivity contribution < 1.29 is 5.11 Å². The lowest BCUT2D eigenvalue weighted by atomic mass is 10.2. The van der Waals surface area contributed by atoms with E-state index in [1.807, 2.05) is 0 Å². The Hall–Kier alpha value is -2.57. The third-order valence-electron chi connectivity index (χ3n) is 2.14. The van der Waals surface area contributed by atoms with E-state index in [-0.39, 0.29) is 5.75 Å². The predicted molar refractivity (Wildman–Crippen MR) is 64.2 cm³/mol. The van der Waals surface area contributed by atoms with Crippen LogP contribution in [0.2, 0.25) is 0 Å². The van der Waals surface area contributed by atoms with Gasteiger partial charge in [-0.3, -0.25) is 0 Å². The Morgan fingerprint density at radius 3 is 2.65 bits per heavy atom. The van der Waals surface area contributed by atoms with Crippen molar-refractivity contribution in [3.8, 4) is 5.75 Å². The molecule has 88 valence electrons. The highest BCUT2D eigenvalue weighted by molar-refractivity contribution is 5.80. The largest absolute Gasteiger partial charge is 0.508 e. The van der Waals surface area contributed by atoms with Crippen LogP contribution in [0.15, 0.2) is 29.4 Å². The number of aromatic nitrogens is 3. The van der Waals surface area contributed by atoms with E-state index >= 15 is 0 Å². The summed E-state index contributed by atoms with van der Waals surface area (Å²) in [6, 6.07) is 6.63. The summed E-state index contributed by atoms with van der Waals surface area (Å²) in [5.41, 5.74) is 3.51. The zero-order chi connectivity index (χ0) is 12.3. The fraction of sp³-hybridized carbons (Fsp3) is 0.100. The third kappa shape index (κ3) is 2.51. The maximum Gasteiger partial charge on any atom is 0.263 e. The molecule has 0 aliphatic rings.